The molecule has 15 heavy (non-hydrogen) atoms. The molecule has 3 heteroatoms. The van der Waals surface area contributed by atoms with Gasteiger partial charge in [0.2, 0.25) is 0 Å². The lowest BCUT2D eigenvalue weighted by molar-refractivity contribution is -0.384. The van der Waals surface area contributed by atoms with E-state index in [1.54, 1.807) is 12.1 Å². The van der Waals surface area contributed by atoms with Gasteiger partial charge in [-0.15, -0.1) is 0 Å². The van der Waals surface area contributed by atoms with Gasteiger partial charge in [0.1, 0.15) is 0 Å². The van der Waals surface area contributed by atoms with E-state index in [2.05, 4.69) is 19.1 Å². The average molecular weight is 205 g/mol. The van der Waals surface area contributed by atoms with Crippen LogP contribution in [-0.2, 0) is 6.42 Å². The zero-order valence-corrected chi connectivity index (χ0v) is 8.85. The molecule has 0 atom stereocenters. The molecule has 80 valence electrons. The Morgan fingerprint density at radius 3 is 2.87 bits per heavy atom. The molecule has 0 aromatic heterocycles. The van der Waals surface area contributed by atoms with Gasteiger partial charge in [0.15, 0.2) is 0 Å². The van der Waals surface area contributed by atoms with Gasteiger partial charge < -0.3 is 0 Å². The molecule has 0 N–H and O–H groups in total. The third-order valence-electron chi connectivity index (χ3n) is 2.12. The van der Waals surface area contributed by atoms with E-state index in [0.29, 0.717) is 0 Å². The Morgan fingerprint density at radius 2 is 2.20 bits per heavy atom. The first-order chi connectivity index (χ1) is 7.24. The van der Waals surface area contributed by atoms with E-state index < -0.39 is 0 Å². The summed E-state index contributed by atoms with van der Waals surface area (Å²) in [5.41, 5.74) is 1.19. The Hall–Kier alpha value is -1.64. The molecule has 0 saturated heterocycles. The van der Waals surface area contributed by atoms with Crippen molar-refractivity contribution in [3.8, 4) is 0 Å². The molecule has 0 heterocycles. The first-order valence-electron chi connectivity index (χ1n) is 5.12. The van der Waals surface area contributed by atoms with Crippen molar-refractivity contribution < 1.29 is 4.92 Å². The fourth-order valence-corrected chi connectivity index (χ4v) is 1.36. The van der Waals surface area contributed by atoms with Crippen LogP contribution in [0.15, 0.2) is 36.4 Å². The summed E-state index contributed by atoms with van der Waals surface area (Å²) < 4.78 is 0. The number of non-ortho nitro benzene ring substituents is 1. The molecular weight excluding hydrogens is 190 g/mol. The van der Waals surface area contributed by atoms with E-state index in [0.717, 1.165) is 24.8 Å². The van der Waals surface area contributed by atoms with Crippen molar-refractivity contribution in [2.75, 3.05) is 0 Å². The lowest BCUT2D eigenvalue weighted by atomic mass is 10.1. The van der Waals surface area contributed by atoms with E-state index >= 15 is 0 Å². The van der Waals surface area contributed by atoms with Crippen LogP contribution in [0.1, 0.15) is 25.3 Å². The molecule has 0 radical (unpaired) electrons. The third-order valence-corrected chi connectivity index (χ3v) is 2.12. The lowest BCUT2D eigenvalue weighted by Gasteiger charge is -1.97. The van der Waals surface area contributed by atoms with Crippen LogP contribution >= 0.6 is 0 Å². The molecule has 0 bridgehead atoms. The Balaban J connectivity index is 2.58. The maximum Gasteiger partial charge on any atom is 0.269 e. The summed E-state index contributed by atoms with van der Waals surface area (Å²) >= 11 is 0. The Bertz CT molecular complexity index is 358. The summed E-state index contributed by atoms with van der Waals surface area (Å²) in [4.78, 5) is 10.2. The number of hydrogen-bond donors (Lipinski definition) is 0. The number of rotatable bonds is 5. The molecule has 1 aromatic carbocycles. The largest absolute Gasteiger partial charge is 0.269 e. The summed E-state index contributed by atoms with van der Waals surface area (Å²) in [6.45, 7) is 2.09. The number of nitrogens with zero attached hydrogens (tertiary/aromatic N) is 1. The topological polar surface area (TPSA) is 43.1 Å². The fraction of sp³-hybridized carbons (Fsp3) is 0.333. The number of benzene rings is 1. The number of nitro benzene ring substituents is 1. The van der Waals surface area contributed by atoms with Gasteiger partial charge in [-0.2, -0.15) is 0 Å². The van der Waals surface area contributed by atoms with Crippen LogP contribution in [0.3, 0.4) is 0 Å². The van der Waals surface area contributed by atoms with Crippen LogP contribution in [0.2, 0.25) is 0 Å². The number of nitro groups is 1. The maximum atomic E-state index is 10.5. The highest BCUT2D eigenvalue weighted by atomic mass is 16.6. The Morgan fingerprint density at radius 1 is 1.40 bits per heavy atom. The van der Waals surface area contributed by atoms with Crippen molar-refractivity contribution in [2.24, 2.45) is 0 Å². The standard InChI is InChI=1S/C12H15NO2/c1-2-3-4-5-7-11-8-6-9-12(10-11)13(14)15/h3-4,6,8-10H,2,5,7H2,1H3/b4-3+. The summed E-state index contributed by atoms with van der Waals surface area (Å²) in [6, 6.07) is 6.81. The second-order valence-corrected chi connectivity index (χ2v) is 3.35. The van der Waals surface area contributed by atoms with E-state index in [1.807, 2.05) is 6.07 Å². The minimum Gasteiger partial charge on any atom is -0.258 e. The highest BCUT2D eigenvalue weighted by Gasteiger charge is 2.04. The predicted molar refractivity (Wildman–Crippen MR) is 60.8 cm³/mol. The van der Waals surface area contributed by atoms with Gasteiger partial charge in [-0.1, -0.05) is 31.2 Å². The minimum atomic E-state index is -0.356. The normalized spacial score (nSPS) is 10.7. The molecular formula is C12H15NO2. The summed E-state index contributed by atoms with van der Waals surface area (Å²) in [6.07, 6.45) is 7.05. The third kappa shape index (κ3) is 3.94. The maximum absolute atomic E-state index is 10.5. The lowest BCUT2D eigenvalue weighted by Crippen LogP contribution is -1.90. The van der Waals surface area contributed by atoms with Crippen LogP contribution in [0.4, 0.5) is 5.69 Å². The first kappa shape index (κ1) is 11.4. The molecule has 0 fully saturated rings. The van der Waals surface area contributed by atoms with Gasteiger partial charge >= 0.3 is 0 Å². The smallest absolute Gasteiger partial charge is 0.258 e. The summed E-state index contributed by atoms with van der Waals surface area (Å²) in [5, 5.41) is 10.5. The van der Waals surface area contributed by atoms with Crippen molar-refractivity contribution in [3.63, 3.8) is 0 Å². The summed E-state index contributed by atoms with van der Waals surface area (Å²) in [5.74, 6) is 0. The molecule has 0 amide bonds. The fourth-order valence-electron chi connectivity index (χ4n) is 1.36. The highest BCUT2D eigenvalue weighted by Crippen LogP contribution is 2.14. The van der Waals surface area contributed by atoms with Gasteiger partial charge in [0.05, 0.1) is 4.92 Å². The van der Waals surface area contributed by atoms with Gasteiger partial charge in [-0.25, -0.2) is 0 Å². The van der Waals surface area contributed by atoms with Gasteiger partial charge in [0, 0.05) is 12.1 Å². The van der Waals surface area contributed by atoms with Crippen LogP contribution in [0.5, 0.6) is 0 Å². The average Bonchev–Trinajstić information content (AvgIpc) is 2.25. The monoisotopic (exact) mass is 205 g/mol. The number of aryl methyl sites for hydroxylation is 1. The van der Waals surface area contributed by atoms with Gasteiger partial charge in [-0.05, 0) is 24.8 Å². The number of hydrogen-bond acceptors (Lipinski definition) is 2. The second-order valence-electron chi connectivity index (χ2n) is 3.35. The zero-order valence-electron chi connectivity index (χ0n) is 8.85. The van der Waals surface area contributed by atoms with Crippen LogP contribution in [0.25, 0.3) is 0 Å². The molecule has 0 aliphatic heterocycles. The van der Waals surface area contributed by atoms with Crippen molar-refractivity contribution in [1.29, 1.82) is 0 Å². The molecule has 1 aromatic rings. The molecule has 0 spiro atoms. The van der Waals surface area contributed by atoms with Crippen molar-refractivity contribution in [3.05, 3.63) is 52.1 Å². The Labute approximate surface area is 89.6 Å². The number of allylic oxidation sites excluding steroid dienone is 2. The van der Waals surface area contributed by atoms with Crippen LogP contribution in [0, 0.1) is 10.1 Å². The minimum absolute atomic E-state index is 0.173. The van der Waals surface area contributed by atoms with Gasteiger partial charge in [-0.3, -0.25) is 10.1 Å². The van der Waals surface area contributed by atoms with E-state index in [-0.39, 0.29) is 10.6 Å². The summed E-state index contributed by atoms with van der Waals surface area (Å²) in [7, 11) is 0. The molecule has 3 nitrogen and oxygen atoms in total. The molecule has 1 rings (SSSR count). The molecule has 0 saturated carbocycles. The Kier molecular flexibility index (Phi) is 4.54. The van der Waals surface area contributed by atoms with Gasteiger partial charge in [0.25, 0.3) is 5.69 Å². The van der Waals surface area contributed by atoms with Crippen LogP contribution in [-0.4, -0.2) is 4.92 Å². The second kappa shape index (κ2) is 5.96. The molecule has 0 aliphatic carbocycles. The zero-order chi connectivity index (χ0) is 11.1. The highest BCUT2D eigenvalue weighted by molar-refractivity contribution is 5.34. The molecule has 0 aliphatic rings. The van der Waals surface area contributed by atoms with E-state index in [1.165, 1.54) is 6.07 Å². The first-order valence-corrected chi connectivity index (χ1v) is 5.12. The van der Waals surface area contributed by atoms with Crippen LogP contribution < -0.4 is 0 Å². The predicted octanol–water partition coefficient (Wildman–Crippen LogP) is 3.49. The molecule has 0 unspecified atom stereocenters. The van der Waals surface area contributed by atoms with Crippen molar-refractivity contribution >= 4 is 5.69 Å². The van der Waals surface area contributed by atoms with Crippen molar-refractivity contribution in [1.82, 2.24) is 0 Å². The van der Waals surface area contributed by atoms with E-state index in [9.17, 15) is 10.1 Å². The van der Waals surface area contributed by atoms with Crippen molar-refractivity contribution in [2.45, 2.75) is 26.2 Å². The van der Waals surface area contributed by atoms with E-state index in [4.69, 9.17) is 0 Å². The quantitative estimate of drug-likeness (QED) is 0.419. The SMILES string of the molecule is CC/C=C/CCc1cccc([N+](=O)[O-])c1.